The monoisotopic (exact) mass is 285 g/mol. The van der Waals surface area contributed by atoms with E-state index < -0.39 is 0 Å². The van der Waals surface area contributed by atoms with Crippen LogP contribution in [-0.4, -0.2) is 33.7 Å². The molecule has 1 aliphatic heterocycles. The molecular formula is C15H15N3OS. The predicted octanol–water partition coefficient (Wildman–Crippen LogP) is 2.97. The molecule has 2 aromatic rings. The summed E-state index contributed by atoms with van der Waals surface area (Å²) < 4.78 is 1.43. The molecule has 3 heterocycles. The number of carbonyl (C=O) groups excluding carboxylic acids is 1. The summed E-state index contributed by atoms with van der Waals surface area (Å²) in [6.45, 7) is 0. The lowest BCUT2D eigenvalue weighted by molar-refractivity contribution is 0.0799. The zero-order valence-electron chi connectivity index (χ0n) is 11.1. The normalized spacial score (nSPS) is 18.2. The van der Waals surface area contributed by atoms with Gasteiger partial charge in [0.15, 0.2) is 0 Å². The Morgan fingerprint density at radius 1 is 1.45 bits per heavy atom. The largest absolute Gasteiger partial charge is 0.369 e. The van der Waals surface area contributed by atoms with Crippen LogP contribution >= 0.6 is 11.3 Å². The third-order valence-electron chi connectivity index (χ3n) is 3.27. The van der Waals surface area contributed by atoms with E-state index in [-0.39, 0.29) is 11.9 Å². The van der Waals surface area contributed by atoms with Crippen LogP contribution in [0.3, 0.4) is 0 Å². The lowest BCUT2D eigenvalue weighted by Crippen LogP contribution is -2.35. The first-order chi connectivity index (χ1) is 9.74. The van der Waals surface area contributed by atoms with Gasteiger partial charge in [0.2, 0.25) is 0 Å². The molecule has 20 heavy (non-hydrogen) atoms. The predicted molar refractivity (Wildman–Crippen MR) is 81.4 cm³/mol. The fourth-order valence-electron chi connectivity index (χ4n) is 2.16. The first-order valence-corrected chi connectivity index (χ1v) is 7.32. The molecule has 3 rings (SSSR count). The maximum Gasteiger partial charge on any atom is 0.269 e. The van der Waals surface area contributed by atoms with Crippen LogP contribution < -0.4 is 0 Å². The molecule has 0 aliphatic carbocycles. The van der Waals surface area contributed by atoms with E-state index in [1.54, 1.807) is 17.5 Å². The number of carbonyl (C=O) groups is 1. The smallest absolute Gasteiger partial charge is 0.269 e. The standard InChI is InChI=1S/C15H15N3OS/c1-17-9-2-5-14(17)15(19)18-10-8-12(16-18)6-7-13-4-3-11-20-13/h2-4,6-11,14H,5H2,1H3/b7-6+. The van der Waals surface area contributed by atoms with Crippen molar-refractivity contribution in [3.63, 3.8) is 0 Å². The van der Waals surface area contributed by atoms with Crippen molar-refractivity contribution >= 4 is 29.4 Å². The molecule has 0 amide bonds. The molecule has 0 bridgehead atoms. The average Bonchev–Trinajstić information content (AvgIpc) is 3.17. The summed E-state index contributed by atoms with van der Waals surface area (Å²) in [6, 6.07) is 5.77. The molecule has 0 saturated carbocycles. The summed E-state index contributed by atoms with van der Waals surface area (Å²) in [6.07, 6.45) is 10.3. The van der Waals surface area contributed by atoms with Crippen molar-refractivity contribution in [3.8, 4) is 0 Å². The van der Waals surface area contributed by atoms with Crippen LogP contribution in [-0.2, 0) is 0 Å². The van der Waals surface area contributed by atoms with Crippen LogP contribution in [0.15, 0.2) is 42.1 Å². The van der Waals surface area contributed by atoms with Gasteiger partial charge in [-0.3, -0.25) is 4.79 Å². The van der Waals surface area contributed by atoms with Crippen LogP contribution in [0.1, 0.15) is 21.8 Å². The van der Waals surface area contributed by atoms with E-state index in [1.165, 1.54) is 9.56 Å². The zero-order valence-corrected chi connectivity index (χ0v) is 12.0. The van der Waals surface area contributed by atoms with Crippen molar-refractivity contribution in [3.05, 3.63) is 52.6 Å². The summed E-state index contributed by atoms with van der Waals surface area (Å²) in [5.74, 6) is 0.00766. The highest BCUT2D eigenvalue weighted by Gasteiger charge is 2.25. The Bertz CT molecular complexity index is 654. The molecule has 0 fully saturated rings. The molecule has 1 atom stereocenters. The van der Waals surface area contributed by atoms with Gasteiger partial charge in [0.05, 0.1) is 5.69 Å². The van der Waals surface area contributed by atoms with Gasteiger partial charge in [-0.05, 0) is 42.3 Å². The zero-order chi connectivity index (χ0) is 13.9. The van der Waals surface area contributed by atoms with Crippen LogP contribution in [0.2, 0.25) is 0 Å². The lowest BCUT2D eigenvalue weighted by Gasteiger charge is -2.18. The molecule has 1 unspecified atom stereocenters. The van der Waals surface area contributed by atoms with Crippen LogP contribution in [0.5, 0.6) is 0 Å². The molecule has 2 aromatic heterocycles. The minimum atomic E-state index is -0.135. The molecule has 102 valence electrons. The molecule has 0 N–H and O–H groups in total. The summed E-state index contributed by atoms with van der Waals surface area (Å²) in [5, 5.41) is 6.35. The fourth-order valence-corrected chi connectivity index (χ4v) is 2.78. The van der Waals surface area contributed by atoms with Crippen molar-refractivity contribution in [1.82, 2.24) is 14.7 Å². The van der Waals surface area contributed by atoms with Crippen molar-refractivity contribution in [2.45, 2.75) is 12.5 Å². The van der Waals surface area contributed by atoms with Crippen molar-refractivity contribution < 1.29 is 4.79 Å². The topological polar surface area (TPSA) is 38.1 Å². The van der Waals surface area contributed by atoms with Crippen molar-refractivity contribution in [2.75, 3.05) is 7.05 Å². The summed E-state index contributed by atoms with van der Waals surface area (Å²) in [4.78, 5) is 15.4. The minimum absolute atomic E-state index is 0.00766. The number of likely N-dealkylation sites (N-methyl/N-ethyl adjacent to an activating group) is 1. The highest BCUT2D eigenvalue weighted by Crippen LogP contribution is 2.15. The van der Waals surface area contributed by atoms with Gasteiger partial charge >= 0.3 is 0 Å². The maximum absolute atomic E-state index is 12.3. The fraction of sp³-hybridized carbons (Fsp3) is 0.200. The number of rotatable bonds is 3. The van der Waals surface area contributed by atoms with Crippen LogP contribution in [0, 0.1) is 0 Å². The van der Waals surface area contributed by atoms with E-state index in [9.17, 15) is 4.79 Å². The number of nitrogens with zero attached hydrogens (tertiary/aromatic N) is 3. The molecule has 4 nitrogen and oxygen atoms in total. The Labute approximate surface area is 121 Å². The Balaban J connectivity index is 1.72. The molecule has 5 heteroatoms. The first-order valence-electron chi connectivity index (χ1n) is 6.44. The molecule has 0 aromatic carbocycles. The van der Waals surface area contributed by atoms with Crippen molar-refractivity contribution in [2.24, 2.45) is 0 Å². The number of hydrogen-bond acceptors (Lipinski definition) is 4. The molecule has 1 aliphatic rings. The average molecular weight is 285 g/mol. The second kappa shape index (κ2) is 5.46. The number of aromatic nitrogens is 2. The lowest BCUT2D eigenvalue weighted by atomic mass is 10.2. The van der Waals surface area contributed by atoms with Gasteiger partial charge in [-0.2, -0.15) is 5.10 Å². The Hall–Kier alpha value is -2.14. The third kappa shape index (κ3) is 2.58. The molecule has 0 spiro atoms. The van der Waals surface area contributed by atoms with E-state index in [0.29, 0.717) is 0 Å². The van der Waals surface area contributed by atoms with Crippen LogP contribution in [0.4, 0.5) is 0 Å². The number of thiophene rings is 1. The van der Waals surface area contributed by atoms with E-state index >= 15 is 0 Å². The van der Waals surface area contributed by atoms with Gasteiger partial charge in [0, 0.05) is 18.1 Å². The quantitative estimate of drug-likeness (QED) is 0.870. The Morgan fingerprint density at radius 3 is 3.05 bits per heavy atom. The molecule has 0 radical (unpaired) electrons. The Morgan fingerprint density at radius 2 is 2.35 bits per heavy atom. The third-order valence-corrected chi connectivity index (χ3v) is 4.11. The summed E-state index contributed by atoms with van der Waals surface area (Å²) in [5.41, 5.74) is 0.792. The van der Waals surface area contributed by atoms with E-state index in [4.69, 9.17) is 0 Å². The van der Waals surface area contributed by atoms with E-state index in [2.05, 4.69) is 5.10 Å². The van der Waals surface area contributed by atoms with Crippen LogP contribution in [0.25, 0.3) is 12.2 Å². The number of hydrogen-bond donors (Lipinski definition) is 0. The highest BCUT2D eigenvalue weighted by molar-refractivity contribution is 7.10. The van der Waals surface area contributed by atoms with Gasteiger partial charge in [0.25, 0.3) is 5.91 Å². The van der Waals surface area contributed by atoms with Gasteiger partial charge in [-0.25, -0.2) is 4.68 Å². The SMILES string of the molecule is CN1C=CCC1C(=O)n1ccc(/C=C/c2cccs2)n1. The maximum atomic E-state index is 12.3. The van der Waals surface area contributed by atoms with Gasteiger partial charge in [-0.15, -0.1) is 11.3 Å². The first kappa shape index (κ1) is 12.9. The van der Waals surface area contributed by atoms with Gasteiger partial charge < -0.3 is 4.90 Å². The summed E-state index contributed by atoms with van der Waals surface area (Å²) >= 11 is 1.67. The second-order valence-electron chi connectivity index (χ2n) is 4.67. The minimum Gasteiger partial charge on any atom is -0.369 e. The molecular weight excluding hydrogens is 270 g/mol. The van der Waals surface area contributed by atoms with E-state index in [0.717, 1.165) is 12.1 Å². The van der Waals surface area contributed by atoms with E-state index in [1.807, 2.05) is 60.0 Å². The van der Waals surface area contributed by atoms with Gasteiger partial charge in [0.1, 0.15) is 6.04 Å². The Kier molecular flexibility index (Phi) is 3.52. The highest BCUT2D eigenvalue weighted by atomic mass is 32.1. The summed E-state index contributed by atoms with van der Waals surface area (Å²) in [7, 11) is 1.91. The van der Waals surface area contributed by atoms with Gasteiger partial charge in [-0.1, -0.05) is 12.1 Å². The molecule has 0 saturated heterocycles. The second-order valence-corrected chi connectivity index (χ2v) is 5.65. The van der Waals surface area contributed by atoms with Crippen molar-refractivity contribution in [1.29, 1.82) is 0 Å².